The van der Waals surface area contributed by atoms with Crippen LogP contribution in [0.2, 0.25) is 8.87 Å². The Labute approximate surface area is 174 Å². The molecule has 25 heavy (non-hydrogen) atoms. The Balaban J connectivity index is 0.00000288. The summed E-state index contributed by atoms with van der Waals surface area (Å²) in [4.78, 5) is 23.6. The van der Waals surface area contributed by atoms with Gasteiger partial charge in [0, 0.05) is 0 Å². The first kappa shape index (κ1) is 25.3. The molecule has 0 bridgehead atoms. The average Bonchev–Trinajstić information content (AvgIpc) is 2.56. The summed E-state index contributed by atoms with van der Waals surface area (Å²) < 4.78 is 13.0. The van der Waals surface area contributed by atoms with Gasteiger partial charge in [0.1, 0.15) is 0 Å². The van der Waals surface area contributed by atoms with Crippen LogP contribution in [0.3, 0.4) is 0 Å². The van der Waals surface area contributed by atoms with E-state index in [0.29, 0.717) is 12.8 Å². The number of carbonyl (C=O) groups is 2. The van der Waals surface area contributed by atoms with Crippen molar-refractivity contribution >= 4 is 57.9 Å². The van der Waals surface area contributed by atoms with Gasteiger partial charge < -0.3 is 0 Å². The van der Waals surface area contributed by atoms with Crippen LogP contribution in [0, 0.1) is 0 Å². The molecule has 0 aromatic rings. The van der Waals surface area contributed by atoms with Crippen molar-refractivity contribution in [1.29, 1.82) is 0 Å². The Bertz CT molecular complexity index is 336. The maximum atomic E-state index is 11.8. The van der Waals surface area contributed by atoms with Gasteiger partial charge in [0.2, 0.25) is 0 Å². The molecule has 2 saturated carbocycles. The molecule has 0 N–H and O–H groups in total. The molecule has 2 aliphatic carbocycles. The predicted molar refractivity (Wildman–Crippen MR) is 105 cm³/mol. The molecule has 0 amide bonds. The molecule has 0 unspecified atom stereocenters. The van der Waals surface area contributed by atoms with Gasteiger partial charge in [-0.15, -0.1) is 24.8 Å². The zero-order valence-corrected chi connectivity index (χ0v) is 19.5. The number of esters is 2. The van der Waals surface area contributed by atoms with Crippen molar-refractivity contribution in [2.45, 2.75) is 98.1 Å². The van der Waals surface area contributed by atoms with Gasteiger partial charge in [0.05, 0.1) is 0 Å². The molecule has 0 saturated heterocycles. The zero-order chi connectivity index (χ0) is 16.3. The Kier molecular flexibility index (Phi) is 15.6. The van der Waals surface area contributed by atoms with Gasteiger partial charge in [-0.3, -0.25) is 0 Å². The number of hydrogen-bond acceptors (Lipinski definition) is 4. The van der Waals surface area contributed by atoms with Gasteiger partial charge in [-0.2, -0.15) is 0 Å². The van der Waals surface area contributed by atoms with E-state index in [2.05, 4.69) is 0 Å². The topological polar surface area (TPSA) is 52.6 Å². The number of carbonyl (C=O) groups excluding carboxylic acids is 2. The van der Waals surface area contributed by atoms with E-state index in [1.807, 2.05) is 0 Å². The number of halogens is 2. The second-order valence-electron chi connectivity index (χ2n) is 6.75. The predicted octanol–water partition coefficient (Wildman–Crippen LogP) is 4.90. The normalized spacial score (nSPS) is 18.6. The summed E-state index contributed by atoms with van der Waals surface area (Å²) in [6.45, 7) is 0. The van der Waals surface area contributed by atoms with Crippen molar-refractivity contribution < 1.29 is 19.1 Å². The summed E-state index contributed by atoms with van der Waals surface area (Å²) in [6.07, 6.45) is 12.9. The number of ether oxygens (including phenoxy) is 2. The van der Waals surface area contributed by atoms with E-state index in [9.17, 15) is 9.59 Å². The molecule has 2 radical (unpaired) electrons. The molecule has 0 heterocycles. The fourth-order valence-corrected chi connectivity index (χ4v) is 6.25. The molecule has 0 atom stereocenters. The van der Waals surface area contributed by atoms with Crippen LogP contribution in [0.1, 0.15) is 77.0 Å². The molecule has 0 aliphatic heterocycles. The van der Waals surface area contributed by atoms with Crippen LogP contribution in [-0.2, 0) is 19.1 Å². The number of rotatable bonds is 8. The van der Waals surface area contributed by atoms with Crippen LogP contribution in [0.15, 0.2) is 0 Å². The Hall–Kier alpha value is 0.319. The van der Waals surface area contributed by atoms with Crippen molar-refractivity contribution in [3.63, 3.8) is 0 Å². The van der Waals surface area contributed by atoms with Crippen molar-refractivity contribution in [2.24, 2.45) is 0 Å². The molecule has 7 heteroatoms. The van der Waals surface area contributed by atoms with E-state index in [-0.39, 0.29) is 49.0 Å². The van der Waals surface area contributed by atoms with Gasteiger partial charge in [-0.25, -0.2) is 0 Å². The van der Waals surface area contributed by atoms with E-state index in [4.69, 9.17) is 9.47 Å². The van der Waals surface area contributed by atoms with Crippen LogP contribution < -0.4 is 0 Å². The summed E-state index contributed by atoms with van der Waals surface area (Å²) in [6, 6.07) is 0. The second-order valence-corrected chi connectivity index (χ2v) is 11.0. The SMILES string of the molecule is Cl.Cl.O=C(C[CH2][Sn][CH2]CC(=O)OC1CCCCC1)OC1CCCCC1. The van der Waals surface area contributed by atoms with E-state index in [1.165, 1.54) is 38.5 Å². The van der Waals surface area contributed by atoms with Crippen LogP contribution in [-0.4, -0.2) is 45.3 Å². The minimum absolute atomic E-state index is 0. The molecule has 0 aromatic heterocycles. The maximum absolute atomic E-state index is 11.8. The minimum atomic E-state index is -0.629. The molecule has 4 nitrogen and oxygen atoms in total. The van der Waals surface area contributed by atoms with E-state index >= 15 is 0 Å². The van der Waals surface area contributed by atoms with Crippen LogP contribution in [0.4, 0.5) is 0 Å². The summed E-state index contributed by atoms with van der Waals surface area (Å²) >= 11 is -0.629. The molecule has 0 aromatic carbocycles. The van der Waals surface area contributed by atoms with Crippen LogP contribution in [0.5, 0.6) is 0 Å². The van der Waals surface area contributed by atoms with Gasteiger partial charge >= 0.3 is 150 Å². The van der Waals surface area contributed by atoms with Gasteiger partial charge in [0.15, 0.2) is 0 Å². The molecule has 0 spiro atoms. The summed E-state index contributed by atoms with van der Waals surface area (Å²) in [5, 5.41) is 0. The molecular formula is C18H32Cl2O4Sn. The van der Waals surface area contributed by atoms with Crippen LogP contribution >= 0.6 is 24.8 Å². The van der Waals surface area contributed by atoms with Crippen molar-refractivity contribution in [3.05, 3.63) is 0 Å². The van der Waals surface area contributed by atoms with Crippen LogP contribution in [0.25, 0.3) is 0 Å². The van der Waals surface area contributed by atoms with E-state index in [1.54, 1.807) is 0 Å². The molecule has 146 valence electrons. The quantitative estimate of drug-likeness (QED) is 0.269. The Morgan fingerprint density at radius 3 is 1.40 bits per heavy atom. The van der Waals surface area contributed by atoms with Crippen molar-refractivity contribution in [3.8, 4) is 0 Å². The van der Waals surface area contributed by atoms with Gasteiger partial charge in [-0.1, -0.05) is 0 Å². The third-order valence-corrected chi connectivity index (χ3v) is 8.16. The Morgan fingerprint density at radius 1 is 0.680 bits per heavy atom. The first-order chi connectivity index (χ1) is 11.2. The standard InChI is InChI=1S/2C9H15O2.2ClH.Sn/c2*1-2-9(10)11-8-6-4-3-5-7-8;;;/h2*8H,1-7H2;2*1H;. The Morgan fingerprint density at radius 2 is 1.04 bits per heavy atom. The van der Waals surface area contributed by atoms with Gasteiger partial charge in [-0.05, 0) is 0 Å². The third kappa shape index (κ3) is 11.6. The summed E-state index contributed by atoms with van der Waals surface area (Å²) in [5.41, 5.74) is 0. The fraction of sp³-hybridized carbons (Fsp3) is 0.889. The van der Waals surface area contributed by atoms with Crippen molar-refractivity contribution in [1.82, 2.24) is 0 Å². The molecule has 2 aliphatic rings. The molecular weight excluding hydrogens is 470 g/mol. The second kappa shape index (κ2) is 15.4. The summed E-state index contributed by atoms with van der Waals surface area (Å²) in [5.74, 6) is -0.0508. The summed E-state index contributed by atoms with van der Waals surface area (Å²) in [7, 11) is 0. The zero-order valence-electron chi connectivity index (χ0n) is 15.0. The number of hydrogen-bond donors (Lipinski definition) is 0. The third-order valence-electron chi connectivity index (χ3n) is 4.71. The van der Waals surface area contributed by atoms with E-state index in [0.717, 1.165) is 34.6 Å². The van der Waals surface area contributed by atoms with Crippen molar-refractivity contribution in [2.75, 3.05) is 0 Å². The monoisotopic (exact) mass is 502 g/mol. The average molecular weight is 502 g/mol. The van der Waals surface area contributed by atoms with E-state index < -0.39 is 21.1 Å². The fourth-order valence-electron chi connectivity index (χ4n) is 3.36. The first-order valence-corrected chi connectivity index (χ1v) is 13.4. The molecule has 2 rings (SSSR count). The first-order valence-electron chi connectivity index (χ1n) is 9.34. The molecule has 2 fully saturated rings. The van der Waals surface area contributed by atoms with Gasteiger partial charge in [0.25, 0.3) is 0 Å².